The maximum Gasteiger partial charge on any atom is 0.263 e. The van der Waals surface area contributed by atoms with Gasteiger partial charge in [0.1, 0.15) is 5.82 Å². The Morgan fingerprint density at radius 3 is 2.38 bits per heavy atom. The Morgan fingerprint density at radius 2 is 1.85 bits per heavy atom. The van der Waals surface area contributed by atoms with E-state index in [0.717, 1.165) is 6.07 Å². The summed E-state index contributed by atoms with van der Waals surface area (Å²) in [6, 6.07) is 3.05. The molecule has 148 valence electrons. The number of piperazine rings is 1. The zero-order valence-electron chi connectivity index (χ0n) is 14.7. The Kier molecular flexibility index (Phi) is 6.57. The van der Waals surface area contributed by atoms with E-state index in [1.807, 2.05) is 18.7 Å². The fourth-order valence-electron chi connectivity index (χ4n) is 3.99. The third-order valence-corrected chi connectivity index (χ3v) is 5.33. The molecule has 2 aliphatic rings. The van der Waals surface area contributed by atoms with Gasteiger partial charge in [-0.1, -0.05) is 12.1 Å². The van der Waals surface area contributed by atoms with Crippen LogP contribution in [0.3, 0.4) is 0 Å². The highest BCUT2D eigenvalue weighted by molar-refractivity contribution is 5.85. The van der Waals surface area contributed by atoms with E-state index in [-0.39, 0.29) is 54.4 Å². The normalized spacial score (nSPS) is 27.7. The number of hydrogen-bond acceptors (Lipinski definition) is 2. The first-order valence-electron chi connectivity index (χ1n) is 8.62. The highest BCUT2D eigenvalue weighted by atomic mass is 35.5. The molecule has 2 fully saturated rings. The Bertz CT molecular complexity index is 620. The standard InChI is InChI=1S/C18H23F5N2.ClH/c1-10-9-25(11(2)8-24-10)16(13-6-18(22,23)7-13)14-4-3-12(17(20)21)5-15(14)19;/h3-5,10-11,13,16-17,24H,6-9H2,1-2H3;1H/t10-,11+,16?;/m0./s1. The van der Waals surface area contributed by atoms with Crippen LogP contribution in [-0.4, -0.2) is 36.0 Å². The molecule has 0 bridgehead atoms. The van der Waals surface area contributed by atoms with Gasteiger partial charge in [0.2, 0.25) is 5.92 Å². The summed E-state index contributed by atoms with van der Waals surface area (Å²) in [5.74, 6) is -3.84. The highest BCUT2D eigenvalue weighted by Crippen LogP contribution is 2.51. The average Bonchev–Trinajstić information content (AvgIpc) is 2.50. The monoisotopic (exact) mass is 398 g/mol. The number of hydrogen-bond donors (Lipinski definition) is 1. The highest BCUT2D eigenvalue weighted by Gasteiger charge is 2.51. The molecular formula is C18H24ClF5N2. The van der Waals surface area contributed by atoms with Crippen LogP contribution in [0, 0.1) is 11.7 Å². The molecule has 0 spiro atoms. The van der Waals surface area contributed by atoms with Crippen LogP contribution in [-0.2, 0) is 0 Å². The van der Waals surface area contributed by atoms with Gasteiger partial charge < -0.3 is 5.32 Å². The lowest BCUT2D eigenvalue weighted by molar-refractivity contribution is -0.138. The second kappa shape index (κ2) is 7.98. The molecule has 1 aliphatic carbocycles. The van der Waals surface area contributed by atoms with Crippen molar-refractivity contribution in [1.82, 2.24) is 10.2 Å². The molecule has 8 heteroatoms. The van der Waals surface area contributed by atoms with Crippen LogP contribution in [0.4, 0.5) is 22.0 Å². The van der Waals surface area contributed by atoms with Gasteiger partial charge in [0.05, 0.1) is 0 Å². The molecule has 1 aromatic rings. The molecule has 0 aromatic heterocycles. The summed E-state index contributed by atoms with van der Waals surface area (Å²) in [5.41, 5.74) is -0.147. The number of nitrogens with zero attached hydrogens (tertiary/aromatic N) is 1. The predicted octanol–water partition coefficient (Wildman–Crippen LogP) is 4.95. The molecular weight excluding hydrogens is 375 g/mol. The quantitative estimate of drug-likeness (QED) is 0.722. The lowest BCUT2D eigenvalue weighted by atomic mass is 9.73. The van der Waals surface area contributed by atoms with Crippen LogP contribution >= 0.6 is 12.4 Å². The Labute approximate surface area is 156 Å². The summed E-state index contributed by atoms with van der Waals surface area (Å²) in [6.45, 7) is 5.23. The van der Waals surface area contributed by atoms with E-state index in [1.165, 1.54) is 12.1 Å². The second-order valence-electron chi connectivity index (χ2n) is 7.41. The molecule has 1 aliphatic heterocycles. The van der Waals surface area contributed by atoms with Crippen molar-refractivity contribution in [1.29, 1.82) is 0 Å². The minimum absolute atomic E-state index is 0. The maximum atomic E-state index is 14.6. The van der Waals surface area contributed by atoms with E-state index in [1.54, 1.807) is 0 Å². The van der Waals surface area contributed by atoms with E-state index >= 15 is 0 Å². The minimum Gasteiger partial charge on any atom is -0.311 e. The maximum absolute atomic E-state index is 14.6. The van der Waals surface area contributed by atoms with Crippen molar-refractivity contribution in [2.24, 2.45) is 5.92 Å². The first-order valence-corrected chi connectivity index (χ1v) is 8.62. The number of rotatable bonds is 4. The summed E-state index contributed by atoms with van der Waals surface area (Å²) in [4.78, 5) is 2.04. The van der Waals surface area contributed by atoms with Crippen LogP contribution in [0.1, 0.15) is 50.3 Å². The smallest absolute Gasteiger partial charge is 0.263 e. The lowest BCUT2D eigenvalue weighted by Crippen LogP contribution is -2.58. The number of halogens is 6. The van der Waals surface area contributed by atoms with Gasteiger partial charge in [-0.05, 0) is 25.8 Å². The topological polar surface area (TPSA) is 15.3 Å². The molecule has 1 saturated carbocycles. The van der Waals surface area contributed by atoms with Crippen molar-refractivity contribution >= 4 is 12.4 Å². The number of nitrogens with one attached hydrogen (secondary N) is 1. The molecule has 2 nitrogen and oxygen atoms in total. The van der Waals surface area contributed by atoms with Gasteiger partial charge in [-0.15, -0.1) is 12.4 Å². The van der Waals surface area contributed by atoms with Crippen LogP contribution in [0.2, 0.25) is 0 Å². The SMILES string of the molecule is C[C@@H]1CN[C@@H](C)CN1C(c1ccc(C(F)F)cc1F)C1CC(F)(F)C1.Cl. The Hall–Kier alpha value is -0.920. The van der Waals surface area contributed by atoms with E-state index < -0.39 is 24.2 Å². The summed E-state index contributed by atoms with van der Waals surface area (Å²) in [6.07, 6.45) is -3.34. The second-order valence-corrected chi connectivity index (χ2v) is 7.41. The van der Waals surface area contributed by atoms with E-state index in [9.17, 15) is 22.0 Å². The molecule has 1 N–H and O–H groups in total. The van der Waals surface area contributed by atoms with E-state index in [2.05, 4.69) is 5.32 Å². The van der Waals surface area contributed by atoms with Crippen molar-refractivity contribution < 1.29 is 22.0 Å². The van der Waals surface area contributed by atoms with Gasteiger partial charge in [-0.3, -0.25) is 4.90 Å². The summed E-state index contributed by atoms with van der Waals surface area (Å²) >= 11 is 0. The largest absolute Gasteiger partial charge is 0.311 e. The molecule has 3 atom stereocenters. The van der Waals surface area contributed by atoms with Crippen molar-refractivity contribution in [3.05, 3.63) is 35.1 Å². The third kappa shape index (κ3) is 4.31. The Morgan fingerprint density at radius 1 is 1.19 bits per heavy atom. The molecule has 0 amide bonds. The average molecular weight is 399 g/mol. The minimum atomic E-state index is -2.76. The zero-order valence-corrected chi connectivity index (χ0v) is 15.5. The first kappa shape index (κ1) is 21.4. The molecule has 1 heterocycles. The van der Waals surface area contributed by atoms with Gasteiger partial charge in [0.25, 0.3) is 6.43 Å². The predicted molar refractivity (Wildman–Crippen MR) is 92.6 cm³/mol. The molecule has 0 radical (unpaired) electrons. The number of alkyl halides is 4. The van der Waals surface area contributed by atoms with E-state index in [4.69, 9.17) is 0 Å². The van der Waals surface area contributed by atoms with Gasteiger partial charge in [0.15, 0.2) is 0 Å². The third-order valence-electron chi connectivity index (χ3n) is 5.33. The lowest BCUT2D eigenvalue weighted by Gasteiger charge is -2.49. The fourth-order valence-corrected chi connectivity index (χ4v) is 3.99. The van der Waals surface area contributed by atoms with Gasteiger partial charge >= 0.3 is 0 Å². The van der Waals surface area contributed by atoms with Crippen molar-refractivity contribution in [3.8, 4) is 0 Å². The van der Waals surface area contributed by atoms with Gasteiger partial charge in [0, 0.05) is 55.2 Å². The van der Waals surface area contributed by atoms with Crippen LogP contribution < -0.4 is 5.32 Å². The summed E-state index contributed by atoms with van der Waals surface area (Å²) < 4.78 is 67.1. The van der Waals surface area contributed by atoms with Crippen LogP contribution in [0.15, 0.2) is 18.2 Å². The van der Waals surface area contributed by atoms with Crippen molar-refractivity contribution in [3.63, 3.8) is 0 Å². The molecule has 1 aromatic carbocycles. The zero-order chi connectivity index (χ0) is 18.4. The molecule has 26 heavy (non-hydrogen) atoms. The fraction of sp³-hybridized carbons (Fsp3) is 0.667. The van der Waals surface area contributed by atoms with Gasteiger partial charge in [-0.2, -0.15) is 0 Å². The summed E-state index contributed by atoms with van der Waals surface area (Å²) in [5, 5.41) is 3.32. The van der Waals surface area contributed by atoms with Crippen molar-refractivity contribution in [2.75, 3.05) is 13.1 Å². The summed E-state index contributed by atoms with van der Waals surface area (Å²) in [7, 11) is 0. The van der Waals surface area contributed by atoms with Gasteiger partial charge in [-0.25, -0.2) is 22.0 Å². The molecule has 3 rings (SSSR count). The molecule has 1 saturated heterocycles. The Balaban J connectivity index is 0.00000243. The first-order chi connectivity index (χ1) is 11.7. The van der Waals surface area contributed by atoms with Crippen LogP contribution in [0.5, 0.6) is 0 Å². The van der Waals surface area contributed by atoms with Crippen LogP contribution in [0.25, 0.3) is 0 Å². The molecule has 1 unspecified atom stereocenters. The van der Waals surface area contributed by atoms with E-state index in [0.29, 0.717) is 13.1 Å². The van der Waals surface area contributed by atoms with Crippen molar-refractivity contribution in [2.45, 2.75) is 57.2 Å². The number of benzene rings is 1.